The van der Waals surface area contributed by atoms with Gasteiger partial charge in [0.05, 0.1) is 11.6 Å². The highest BCUT2D eigenvalue weighted by Crippen LogP contribution is 2.43. The fourth-order valence-corrected chi connectivity index (χ4v) is 3.58. The zero-order chi connectivity index (χ0) is 21.4. The molecule has 0 aliphatic carbocycles. The number of halogens is 3. The lowest BCUT2D eigenvalue weighted by Crippen LogP contribution is -2.29. The quantitative estimate of drug-likeness (QED) is 0.354. The molecule has 7 heteroatoms. The van der Waals surface area contributed by atoms with Crippen LogP contribution in [-0.2, 0) is 9.59 Å². The number of benzene rings is 3. The summed E-state index contributed by atoms with van der Waals surface area (Å²) in [6.07, 6.45) is 0. The molecule has 0 aromatic heterocycles. The summed E-state index contributed by atoms with van der Waals surface area (Å²) in [5.74, 6) is -3.58. The molecule has 30 heavy (non-hydrogen) atoms. The van der Waals surface area contributed by atoms with Crippen LogP contribution in [0.3, 0.4) is 0 Å². The number of aliphatic hydroxyl groups excluding tert-OH is 1. The zero-order valence-electron chi connectivity index (χ0n) is 15.4. The van der Waals surface area contributed by atoms with Crippen LogP contribution >= 0.6 is 11.6 Å². The Bertz CT molecular complexity index is 1170. The Morgan fingerprint density at radius 1 is 0.900 bits per heavy atom. The lowest BCUT2D eigenvalue weighted by molar-refractivity contribution is -0.132. The van der Waals surface area contributed by atoms with Gasteiger partial charge in [0.25, 0.3) is 11.7 Å². The van der Waals surface area contributed by atoms with Crippen LogP contribution in [0.25, 0.3) is 5.76 Å². The first-order chi connectivity index (χ1) is 14.4. The molecule has 1 unspecified atom stereocenters. The number of carbonyl (C=O) groups is 2. The molecule has 1 fully saturated rings. The number of aliphatic hydroxyl groups is 1. The van der Waals surface area contributed by atoms with Crippen molar-refractivity contribution in [1.29, 1.82) is 0 Å². The van der Waals surface area contributed by atoms with Gasteiger partial charge in [-0.05, 0) is 54.6 Å². The van der Waals surface area contributed by atoms with E-state index in [-0.39, 0.29) is 16.7 Å². The lowest BCUT2D eigenvalue weighted by Gasteiger charge is -2.25. The predicted molar refractivity (Wildman–Crippen MR) is 109 cm³/mol. The average Bonchev–Trinajstić information content (AvgIpc) is 3.00. The van der Waals surface area contributed by atoms with Gasteiger partial charge in [-0.2, -0.15) is 0 Å². The van der Waals surface area contributed by atoms with Crippen LogP contribution in [0, 0.1) is 11.6 Å². The SMILES string of the molecule is O=C1C(=O)N(c2ccc(Cl)cc2)C(c2ccccc2F)/C1=C(/O)c1ccc(F)cc1. The molecule has 1 atom stereocenters. The van der Waals surface area contributed by atoms with Gasteiger partial charge >= 0.3 is 0 Å². The van der Waals surface area contributed by atoms with Gasteiger partial charge < -0.3 is 5.11 Å². The van der Waals surface area contributed by atoms with Gasteiger partial charge in [-0.25, -0.2) is 8.78 Å². The summed E-state index contributed by atoms with van der Waals surface area (Å²) < 4.78 is 28.0. The number of hydrogen-bond acceptors (Lipinski definition) is 3. The Hall–Kier alpha value is -3.51. The van der Waals surface area contributed by atoms with Crippen molar-refractivity contribution in [2.45, 2.75) is 6.04 Å². The zero-order valence-corrected chi connectivity index (χ0v) is 16.1. The summed E-state index contributed by atoms with van der Waals surface area (Å²) in [5.41, 5.74) is 0.196. The molecule has 1 aliphatic rings. The minimum atomic E-state index is -1.21. The normalized spacial score (nSPS) is 18.1. The number of nitrogens with zero attached hydrogens (tertiary/aromatic N) is 1. The third kappa shape index (κ3) is 3.35. The van der Waals surface area contributed by atoms with Crippen LogP contribution in [0.4, 0.5) is 14.5 Å². The Balaban J connectivity index is 1.96. The minimum absolute atomic E-state index is 0.0373. The average molecular weight is 426 g/mol. The highest BCUT2D eigenvalue weighted by atomic mass is 35.5. The van der Waals surface area contributed by atoms with Gasteiger partial charge in [-0.1, -0.05) is 29.8 Å². The van der Waals surface area contributed by atoms with E-state index >= 15 is 0 Å². The van der Waals surface area contributed by atoms with Crippen molar-refractivity contribution in [2.75, 3.05) is 4.90 Å². The van der Waals surface area contributed by atoms with E-state index in [9.17, 15) is 23.5 Å². The number of amides is 1. The lowest BCUT2D eigenvalue weighted by atomic mass is 9.94. The third-order valence-corrected chi connectivity index (χ3v) is 5.12. The number of anilines is 1. The summed E-state index contributed by atoms with van der Waals surface area (Å²) in [5, 5.41) is 11.3. The molecule has 0 spiro atoms. The van der Waals surface area contributed by atoms with E-state index in [2.05, 4.69) is 0 Å². The first kappa shape index (κ1) is 19.8. The molecule has 0 saturated carbocycles. The molecule has 150 valence electrons. The van der Waals surface area contributed by atoms with Crippen molar-refractivity contribution >= 4 is 34.7 Å². The number of ketones is 1. The van der Waals surface area contributed by atoms with Crippen LogP contribution in [0.5, 0.6) is 0 Å². The van der Waals surface area contributed by atoms with Gasteiger partial charge in [0.2, 0.25) is 0 Å². The number of carbonyl (C=O) groups excluding carboxylic acids is 2. The van der Waals surface area contributed by atoms with Crippen molar-refractivity contribution in [2.24, 2.45) is 0 Å². The molecular weight excluding hydrogens is 412 g/mol. The predicted octanol–water partition coefficient (Wildman–Crippen LogP) is 5.24. The first-order valence-electron chi connectivity index (χ1n) is 8.95. The van der Waals surface area contributed by atoms with Gasteiger partial charge in [-0.3, -0.25) is 14.5 Å². The smallest absolute Gasteiger partial charge is 0.300 e. The van der Waals surface area contributed by atoms with Gasteiger partial charge in [0.1, 0.15) is 17.4 Å². The second-order valence-electron chi connectivity index (χ2n) is 6.67. The molecule has 1 heterocycles. The van der Waals surface area contributed by atoms with E-state index in [4.69, 9.17) is 11.6 Å². The molecule has 0 bridgehead atoms. The topological polar surface area (TPSA) is 57.6 Å². The Morgan fingerprint density at radius 2 is 1.53 bits per heavy atom. The molecule has 1 N–H and O–H groups in total. The maximum Gasteiger partial charge on any atom is 0.300 e. The highest BCUT2D eigenvalue weighted by molar-refractivity contribution is 6.51. The van der Waals surface area contributed by atoms with Crippen molar-refractivity contribution in [3.05, 3.63) is 106 Å². The van der Waals surface area contributed by atoms with Gasteiger partial charge in [0.15, 0.2) is 0 Å². The highest BCUT2D eigenvalue weighted by Gasteiger charge is 2.47. The van der Waals surface area contributed by atoms with Crippen molar-refractivity contribution in [3.63, 3.8) is 0 Å². The molecule has 1 amide bonds. The van der Waals surface area contributed by atoms with E-state index in [0.717, 1.165) is 17.0 Å². The number of hydrogen-bond donors (Lipinski definition) is 1. The third-order valence-electron chi connectivity index (χ3n) is 4.87. The molecule has 0 radical (unpaired) electrons. The molecule has 4 rings (SSSR count). The molecule has 3 aromatic carbocycles. The summed E-state index contributed by atoms with van der Waals surface area (Å²) in [7, 11) is 0. The molecule has 4 nitrogen and oxygen atoms in total. The Morgan fingerprint density at radius 3 is 2.17 bits per heavy atom. The minimum Gasteiger partial charge on any atom is -0.507 e. The maximum atomic E-state index is 14.7. The fraction of sp³-hybridized carbons (Fsp3) is 0.0435. The number of Topliss-reactive ketones (excluding diaryl/α,β-unsaturated/α-hetero) is 1. The first-order valence-corrected chi connectivity index (χ1v) is 9.33. The van der Waals surface area contributed by atoms with Crippen LogP contribution < -0.4 is 4.90 Å². The van der Waals surface area contributed by atoms with Crippen LogP contribution in [0.2, 0.25) is 5.02 Å². The molecule has 3 aromatic rings. The molecular formula is C23H14ClF2NO3. The standard InChI is InChI=1S/C23H14ClF2NO3/c24-14-7-11-16(12-8-14)27-20(17-3-1-2-4-18(17)26)19(22(29)23(27)30)21(28)13-5-9-15(25)10-6-13/h1-12,20,28H/b21-19-. The van der Waals surface area contributed by atoms with E-state index in [1.54, 1.807) is 6.07 Å². The van der Waals surface area contributed by atoms with Crippen LogP contribution in [0.1, 0.15) is 17.2 Å². The van der Waals surface area contributed by atoms with Gasteiger partial charge in [-0.15, -0.1) is 0 Å². The summed E-state index contributed by atoms with van der Waals surface area (Å²) in [6.45, 7) is 0. The monoisotopic (exact) mass is 425 g/mol. The Labute approximate surface area is 175 Å². The number of rotatable bonds is 3. The summed E-state index contributed by atoms with van der Waals surface area (Å²) >= 11 is 5.92. The van der Waals surface area contributed by atoms with Crippen LogP contribution in [0.15, 0.2) is 78.4 Å². The van der Waals surface area contributed by atoms with Gasteiger partial charge in [0, 0.05) is 21.8 Å². The molecule has 1 aliphatic heterocycles. The van der Waals surface area contributed by atoms with E-state index in [0.29, 0.717) is 10.7 Å². The maximum absolute atomic E-state index is 14.7. The second kappa shape index (κ2) is 7.72. The van der Waals surface area contributed by atoms with Crippen LogP contribution in [-0.4, -0.2) is 16.8 Å². The molecule has 1 saturated heterocycles. The largest absolute Gasteiger partial charge is 0.507 e. The summed E-state index contributed by atoms with van der Waals surface area (Å²) in [4.78, 5) is 26.9. The van der Waals surface area contributed by atoms with E-state index in [1.807, 2.05) is 0 Å². The van der Waals surface area contributed by atoms with Crippen molar-refractivity contribution in [3.8, 4) is 0 Å². The summed E-state index contributed by atoms with van der Waals surface area (Å²) in [6, 6.07) is 15.4. The van der Waals surface area contributed by atoms with E-state index in [1.165, 1.54) is 54.6 Å². The fourth-order valence-electron chi connectivity index (χ4n) is 3.45. The van der Waals surface area contributed by atoms with Crippen molar-refractivity contribution in [1.82, 2.24) is 0 Å². The van der Waals surface area contributed by atoms with Crippen molar-refractivity contribution < 1.29 is 23.5 Å². The van der Waals surface area contributed by atoms with E-state index < -0.39 is 35.1 Å². The second-order valence-corrected chi connectivity index (χ2v) is 7.11. The Kier molecular flexibility index (Phi) is 5.10.